The number of hydrogen-bond acceptors (Lipinski definition) is 4. The van der Waals surface area contributed by atoms with Gasteiger partial charge in [-0.1, -0.05) is 6.07 Å². The third kappa shape index (κ3) is 3.61. The second-order valence-corrected chi connectivity index (χ2v) is 3.72. The van der Waals surface area contributed by atoms with E-state index in [0.717, 1.165) is 0 Å². The molecule has 0 saturated carbocycles. The number of carboxylic acid groups (broad SMARTS) is 1. The lowest BCUT2D eigenvalue weighted by molar-refractivity contribution is 0.0693. The fraction of sp³-hybridized carbons (Fsp3) is 0.385. The van der Waals surface area contributed by atoms with Gasteiger partial charge >= 0.3 is 12.1 Å². The van der Waals surface area contributed by atoms with Crippen LogP contribution < -0.4 is 10.1 Å². The zero-order valence-electron chi connectivity index (χ0n) is 11.1. The fourth-order valence-electron chi connectivity index (χ4n) is 1.61. The zero-order valence-corrected chi connectivity index (χ0v) is 11.1. The maximum atomic E-state index is 11.4. The van der Waals surface area contributed by atoms with Gasteiger partial charge in [-0.3, -0.25) is 5.32 Å². The van der Waals surface area contributed by atoms with Crippen molar-refractivity contribution in [2.75, 3.05) is 18.5 Å². The Morgan fingerprint density at radius 3 is 2.47 bits per heavy atom. The number of rotatable bonds is 5. The number of carbonyl (C=O) groups excluding carboxylic acids is 1. The molecule has 19 heavy (non-hydrogen) atoms. The SMILES string of the molecule is CCOC(=O)Nc1ccc(C)c(OCC)c1C(=O)O. The normalized spacial score (nSPS) is 9.84. The van der Waals surface area contributed by atoms with Gasteiger partial charge in [-0.15, -0.1) is 0 Å². The molecule has 6 nitrogen and oxygen atoms in total. The lowest BCUT2D eigenvalue weighted by Crippen LogP contribution is -2.17. The molecule has 0 aliphatic rings. The average molecular weight is 267 g/mol. The van der Waals surface area contributed by atoms with Gasteiger partial charge in [0.15, 0.2) is 0 Å². The van der Waals surface area contributed by atoms with Crippen LogP contribution in [0.25, 0.3) is 0 Å². The van der Waals surface area contributed by atoms with E-state index in [-0.39, 0.29) is 23.6 Å². The minimum atomic E-state index is -1.17. The van der Waals surface area contributed by atoms with Crippen LogP contribution in [0, 0.1) is 6.92 Å². The highest BCUT2D eigenvalue weighted by Gasteiger charge is 2.20. The van der Waals surface area contributed by atoms with Crippen LogP contribution in [0.5, 0.6) is 5.75 Å². The summed E-state index contributed by atoms with van der Waals surface area (Å²) >= 11 is 0. The van der Waals surface area contributed by atoms with Crippen molar-refractivity contribution in [3.8, 4) is 5.75 Å². The molecule has 0 bridgehead atoms. The van der Waals surface area contributed by atoms with Gasteiger partial charge in [0.1, 0.15) is 11.3 Å². The number of ether oxygens (including phenoxy) is 2. The molecule has 1 rings (SSSR count). The lowest BCUT2D eigenvalue weighted by atomic mass is 10.1. The van der Waals surface area contributed by atoms with E-state index >= 15 is 0 Å². The maximum Gasteiger partial charge on any atom is 0.411 e. The molecule has 2 N–H and O–H groups in total. The third-order valence-electron chi connectivity index (χ3n) is 2.37. The predicted molar refractivity (Wildman–Crippen MR) is 70.0 cm³/mol. The van der Waals surface area contributed by atoms with Gasteiger partial charge in [0.25, 0.3) is 0 Å². The highest BCUT2D eigenvalue weighted by atomic mass is 16.5. The van der Waals surface area contributed by atoms with Gasteiger partial charge in [-0.2, -0.15) is 0 Å². The molecule has 0 atom stereocenters. The van der Waals surface area contributed by atoms with E-state index in [1.165, 1.54) is 6.07 Å². The van der Waals surface area contributed by atoms with Crippen LogP contribution in [0.3, 0.4) is 0 Å². The largest absolute Gasteiger partial charge is 0.493 e. The Morgan fingerprint density at radius 2 is 1.95 bits per heavy atom. The van der Waals surface area contributed by atoms with Crippen molar-refractivity contribution in [2.45, 2.75) is 20.8 Å². The van der Waals surface area contributed by atoms with Crippen LogP contribution in [-0.4, -0.2) is 30.4 Å². The highest BCUT2D eigenvalue weighted by molar-refractivity contribution is 6.01. The van der Waals surface area contributed by atoms with E-state index in [2.05, 4.69) is 5.32 Å². The Labute approximate surface area is 111 Å². The third-order valence-corrected chi connectivity index (χ3v) is 2.37. The van der Waals surface area contributed by atoms with Crippen molar-refractivity contribution < 1.29 is 24.2 Å². The monoisotopic (exact) mass is 267 g/mol. The smallest absolute Gasteiger partial charge is 0.411 e. The molecule has 104 valence electrons. The number of benzene rings is 1. The molecular formula is C13H17NO5. The van der Waals surface area contributed by atoms with Crippen molar-refractivity contribution in [3.63, 3.8) is 0 Å². The molecule has 6 heteroatoms. The Hall–Kier alpha value is -2.24. The topological polar surface area (TPSA) is 84.9 Å². The quantitative estimate of drug-likeness (QED) is 0.856. The number of hydrogen-bond donors (Lipinski definition) is 2. The number of amides is 1. The van der Waals surface area contributed by atoms with E-state index in [1.54, 1.807) is 26.8 Å². The van der Waals surface area contributed by atoms with Gasteiger partial charge in [0.05, 0.1) is 18.9 Å². The van der Waals surface area contributed by atoms with E-state index in [4.69, 9.17) is 9.47 Å². The summed E-state index contributed by atoms with van der Waals surface area (Å²) in [6.07, 6.45) is -0.698. The zero-order chi connectivity index (χ0) is 14.4. The Bertz CT molecular complexity index is 484. The van der Waals surface area contributed by atoms with Crippen molar-refractivity contribution in [1.82, 2.24) is 0 Å². The maximum absolute atomic E-state index is 11.4. The van der Waals surface area contributed by atoms with Crippen LogP contribution in [0.2, 0.25) is 0 Å². The first-order chi connectivity index (χ1) is 9.01. The van der Waals surface area contributed by atoms with Crippen LogP contribution >= 0.6 is 0 Å². The molecule has 0 unspecified atom stereocenters. The molecule has 0 radical (unpaired) electrons. The average Bonchev–Trinajstić information content (AvgIpc) is 2.33. The van der Waals surface area contributed by atoms with Crippen LogP contribution in [-0.2, 0) is 4.74 Å². The molecule has 0 aromatic heterocycles. The van der Waals surface area contributed by atoms with Crippen molar-refractivity contribution in [2.24, 2.45) is 0 Å². The summed E-state index contributed by atoms with van der Waals surface area (Å²) in [5.41, 5.74) is 0.767. The lowest BCUT2D eigenvalue weighted by Gasteiger charge is -2.15. The van der Waals surface area contributed by atoms with Crippen LogP contribution in [0.15, 0.2) is 12.1 Å². The number of anilines is 1. The van der Waals surface area contributed by atoms with Crippen molar-refractivity contribution >= 4 is 17.7 Å². The molecular weight excluding hydrogens is 250 g/mol. The van der Waals surface area contributed by atoms with E-state index < -0.39 is 12.1 Å². The van der Waals surface area contributed by atoms with Gasteiger partial charge in [0.2, 0.25) is 0 Å². The van der Waals surface area contributed by atoms with Crippen LogP contribution in [0.1, 0.15) is 29.8 Å². The van der Waals surface area contributed by atoms with Crippen LogP contribution in [0.4, 0.5) is 10.5 Å². The summed E-state index contributed by atoms with van der Waals surface area (Å²) < 4.78 is 10.1. The summed E-state index contributed by atoms with van der Waals surface area (Å²) in [6, 6.07) is 3.19. The number of aryl methyl sites for hydroxylation is 1. The molecule has 0 aliphatic heterocycles. The Morgan fingerprint density at radius 1 is 1.26 bits per heavy atom. The molecule has 0 saturated heterocycles. The molecule has 0 aliphatic carbocycles. The first-order valence-electron chi connectivity index (χ1n) is 5.94. The molecule has 0 spiro atoms. The van der Waals surface area contributed by atoms with Crippen molar-refractivity contribution in [3.05, 3.63) is 23.3 Å². The minimum Gasteiger partial charge on any atom is -0.493 e. The summed E-state index contributed by atoms with van der Waals surface area (Å²) in [6.45, 7) is 5.71. The second kappa shape index (κ2) is 6.63. The van der Waals surface area contributed by atoms with Gasteiger partial charge in [-0.05, 0) is 32.4 Å². The second-order valence-electron chi connectivity index (χ2n) is 3.72. The fourth-order valence-corrected chi connectivity index (χ4v) is 1.61. The molecule has 1 amide bonds. The minimum absolute atomic E-state index is 0.0742. The first-order valence-corrected chi connectivity index (χ1v) is 5.94. The molecule has 1 aromatic rings. The molecule has 1 aromatic carbocycles. The summed E-state index contributed by atoms with van der Waals surface area (Å²) in [5.74, 6) is -0.914. The van der Waals surface area contributed by atoms with Gasteiger partial charge in [-0.25, -0.2) is 9.59 Å². The van der Waals surface area contributed by atoms with E-state index in [1.807, 2.05) is 0 Å². The molecule has 0 heterocycles. The van der Waals surface area contributed by atoms with Gasteiger partial charge < -0.3 is 14.6 Å². The summed E-state index contributed by atoms with van der Waals surface area (Å²) in [5, 5.41) is 11.7. The van der Waals surface area contributed by atoms with Crippen molar-refractivity contribution in [1.29, 1.82) is 0 Å². The Kier molecular flexibility index (Phi) is 5.17. The Balaban J connectivity index is 3.20. The van der Waals surface area contributed by atoms with Gasteiger partial charge in [0, 0.05) is 0 Å². The number of carbonyl (C=O) groups is 2. The standard InChI is InChI=1S/C13H17NO5/c1-4-18-11-8(3)6-7-9(10(11)12(15)16)14-13(17)19-5-2/h6-7H,4-5H2,1-3H3,(H,14,17)(H,15,16). The van der Waals surface area contributed by atoms with E-state index in [9.17, 15) is 14.7 Å². The number of carboxylic acids is 1. The summed E-state index contributed by atoms with van der Waals surface area (Å²) in [7, 11) is 0. The highest BCUT2D eigenvalue weighted by Crippen LogP contribution is 2.30. The number of aromatic carboxylic acids is 1. The predicted octanol–water partition coefficient (Wildman–Crippen LogP) is 2.66. The summed E-state index contributed by atoms with van der Waals surface area (Å²) in [4.78, 5) is 22.7. The molecule has 0 fully saturated rings. The number of nitrogens with one attached hydrogen (secondary N) is 1. The first kappa shape index (κ1) is 14.8. The van der Waals surface area contributed by atoms with E-state index in [0.29, 0.717) is 12.2 Å².